The van der Waals surface area contributed by atoms with Gasteiger partial charge in [-0.3, -0.25) is 4.79 Å². The Bertz CT molecular complexity index is 182. The Hall–Kier alpha value is 0.120. The Labute approximate surface area is 99.1 Å². The number of ether oxygens (including phenoxy) is 1. The highest BCUT2D eigenvalue weighted by Gasteiger charge is 2.15. The lowest BCUT2D eigenvalue weighted by Crippen LogP contribution is -2.42. The fourth-order valence-electron chi connectivity index (χ4n) is 1.43. The van der Waals surface area contributed by atoms with Gasteiger partial charge in [0.2, 0.25) is 0 Å². The third-order valence-corrected chi connectivity index (χ3v) is 3.22. The molecule has 0 spiro atoms. The second kappa shape index (κ2) is 6.58. The van der Waals surface area contributed by atoms with E-state index in [1.807, 2.05) is 6.92 Å². The molecule has 0 aromatic rings. The zero-order chi connectivity index (χ0) is 10.4. The average Bonchev–Trinajstić information content (AvgIpc) is 2.17. The molecule has 0 aliphatic carbocycles. The van der Waals surface area contributed by atoms with E-state index in [0.717, 1.165) is 32.7 Å². The highest BCUT2D eigenvalue weighted by Crippen LogP contribution is 2.06. The standard InChI is InChI=1S/C9H17IN2O2/c1-2-14-9(13)3-4-11-5-7-12(10)8-6-11/h2-8H2,1H3. The van der Waals surface area contributed by atoms with E-state index >= 15 is 0 Å². The second-order valence-corrected chi connectivity index (χ2v) is 4.67. The number of hydrogen-bond donors (Lipinski definition) is 0. The maximum Gasteiger partial charge on any atom is 0.307 e. The first-order valence-electron chi connectivity index (χ1n) is 5.01. The molecule has 0 radical (unpaired) electrons. The lowest BCUT2D eigenvalue weighted by Gasteiger charge is -2.30. The molecule has 1 rings (SSSR count). The predicted molar refractivity (Wildman–Crippen MR) is 63.3 cm³/mol. The van der Waals surface area contributed by atoms with Gasteiger partial charge >= 0.3 is 5.97 Å². The molecule has 0 amide bonds. The molecule has 1 aliphatic heterocycles. The van der Waals surface area contributed by atoms with Gasteiger partial charge in [0, 0.05) is 55.6 Å². The number of esters is 1. The number of rotatable bonds is 4. The van der Waals surface area contributed by atoms with Crippen LogP contribution in [0.4, 0.5) is 0 Å². The van der Waals surface area contributed by atoms with Crippen molar-refractivity contribution < 1.29 is 9.53 Å². The summed E-state index contributed by atoms with van der Waals surface area (Å²) in [7, 11) is 0. The Morgan fingerprint density at radius 1 is 1.36 bits per heavy atom. The minimum absolute atomic E-state index is 0.0793. The first kappa shape index (κ1) is 12.2. The Kier molecular flexibility index (Phi) is 5.73. The van der Waals surface area contributed by atoms with Gasteiger partial charge in [0.25, 0.3) is 0 Å². The number of piperazine rings is 1. The topological polar surface area (TPSA) is 32.8 Å². The van der Waals surface area contributed by atoms with Crippen molar-refractivity contribution in [2.24, 2.45) is 0 Å². The number of halogens is 1. The van der Waals surface area contributed by atoms with Crippen molar-refractivity contribution in [2.75, 3.05) is 39.3 Å². The average molecular weight is 312 g/mol. The zero-order valence-corrected chi connectivity index (χ0v) is 10.7. The molecule has 0 bridgehead atoms. The summed E-state index contributed by atoms with van der Waals surface area (Å²) in [6.07, 6.45) is 0.523. The molecular weight excluding hydrogens is 295 g/mol. The fraction of sp³-hybridized carbons (Fsp3) is 0.889. The maximum atomic E-state index is 11.1. The Morgan fingerprint density at radius 2 is 2.00 bits per heavy atom. The van der Waals surface area contributed by atoms with Crippen molar-refractivity contribution in [3.8, 4) is 0 Å². The second-order valence-electron chi connectivity index (χ2n) is 3.31. The van der Waals surface area contributed by atoms with Gasteiger partial charge in [0.05, 0.1) is 13.0 Å². The van der Waals surface area contributed by atoms with Crippen molar-refractivity contribution in [1.29, 1.82) is 0 Å². The molecular formula is C9H17IN2O2. The molecule has 1 saturated heterocycles. The molecule has 4 nitrogen and oxygen atoms in total. The lowest BCUT2D eigenvalue weighted by molar-refractivity contribution is -0.143. The largest absolute Gasteiger partial charge is 0.466 e. The minimum atomic E-state index is -0.0793. The van der Waals surface area contributed by atoms with E-state index in [2.05, 4.69) is 30.9 Å². The van der Waals surface area contributed by atoms with Crippen molar-refractivity contribution >= 4 is 28.8 Å². The van der Waals surface area contributed by atoms with Crippen LogP contribution in [-0.2, 0) is 9.53 Å². The van der Waals surface area contributed by atoms with E-state index in [-0.39, 0.29) is 5.97 Å². The van der Waals surface area contributed by atoms with Crippen LogP contribution in [0, 0.1) is 0 Å². The van der Waals surface area contributed by atoms with Gasteiger partial charge in [-0.2, -0.15) is 0 Å². The van der Waals surface area contributed by atoms with Gasteiger partial charge in [-0.15, -0.1) is 0 Å². The SMILES string of the molecule is CCOC(=O)CCN1CCN(I)CC1. The van der Waals surface area contributed by atoms with Gasteiger partial charge in [-0.1, -0.05) is 0 Å². The van der Waals surface area contributed by atoms with Crippen LogP contribution >= 0.6 is 22.9 Å². The summed E-state index contributed by atoms with van der Waals surface area (Å²) in [6, 6.07) is 0. The summed E-state index contributed by atoms with van der Waals surface area (Å²) in [6.45, 7) is 7.45. The fourth-order valence-corrected chi connectivity index (χ4v) is 1.86. The van der Waals surface area contributed by atoms with Gasteiger partial charge < -0.3 is 9.64 Å². The van der Waals surface area contributed by atoms with Crippen LogP contribution in [-0.4, -0.2) is 53.3 Å². The summed E-state index contributed by atoms with van der Waals surface area (Å²) in [5.41, 5.74) is 0. The molecule has 1 fully saturated rings. The molecule has 0 aromatic heterocycles. The third-order valence-electron chi connectivity index (χ3n) is 2.26. The summed E-state index contributed by atoms with van der Waals surface area (Å²) in [5.74, 6) is -0.0793. The Morgan fingerprint density at radius 3 is 2.57 bits per heavy atom. The van der Waals surface area contributed by atoms with Crippen LogP contribution in [0.5, 0.6) is 0 Å². The van der Waals surface area contributed by atoms with Crippen LogP contribution in [0.15, 0.2) is 0 Å². The maximum absolute atomic E-state index is 11.1. The molecule has 0 unspecified atom stereocenters. The quantitative estimate of drug-likeness (QED) is 0.439. The van der Waals surface area contributed by atoms with Gasteiger partial charge in [0.15, 0.2) is 0 Å². The molecule has 5 heteroatoms. The van der Waals surface area contributed by atoms with Gasteiger partial charge in [-0.05, 0) is 6.92 Å². The smallest absolute Gasteiger partial charge is 0.307 e. The van der Waals surface area contributed by atoms with Crippen LogP contribution in [0.2, 0.25) is 0 Å². The monoisotopic (exact) mass is 312 g/mol. The molecule has 0 saturated carbocycles. The number of carbonyl (C=O) groups excluding carboxylic acids is 1. The molecule has 0 N–H and O–H groups in total. The third kappa shape index (κ3) is 4.56. The summed E-state index contributed by atoms with van der Waals surface area (Å²) < 4.78 is 7.15. The highest BCUT2D eigenvalue weighted by molar-refractivity contribution is 14.1. The molecule has 14 heavy (non-hydrogen) atoms. The molecule has 1 heterocycles. The molecule has 0 atom stereocenters. The molecule has 1 aliphatic rings. The Balaban J connectivity index is 2.09. The van der Waals surface area contributed by atoms with Crippen molar-refractivity contribution in [2.45, 2.75) is 13.3 Å². The zero-order valence-electron chi connectivity index (χ0n) is 8.54. The first-order chi connectivity index (χ1) is 6.72. The summed E-state index contributed by atoms with van der Waals surface area (Å²) in [5, 5.41) is 0. The van der Waals surface area contributed by atoms with E-state index in [1.54, 1.807) is 0 Å². The van der Waals surface area contributed by atoms with E-state index in [1.165, 1.54) is 0 Å². The first-order valence-corrected chi connectivity index (χ1v) is 5.97. The minimum Gasteiger partial charge on any atom is -0.466 e. The van der Waals surface area contributed by atoms with Crippen LogP contribution in [0.1, 0.15) is 13.3 Å². The van der Waals surface area contributed by atoms with Gasteiger partial charge in [-0.25, -0.2) is 3.11 Å². The number of nitrogens with zero attached hydrogens (tertiary/aromatic N) is 2. The van der Waals surface area contributed by atoms with Gasteiger partial charge in [0.1, 0.15) is 0 Å². The van der Waals surface area contributed by atoms with Crippen LogP contribution in [0.3, 0.4) is 0 Å². The molecule has 82 valence electrons. The van der Waals surface area contributed by atoms with E-state index < -0.39 is 0 Å². The normalized spacial score (nSPS) is 19.6. The van der Waals surface area contributed by atoms with Crippen LogP contribution < -0.4 is 0 Å². The molecule has 0 aromatic carbocycles. The van der Waals surface area contributed by atoms with Crippen molar-refractivity contribution in [3.63, 3.8) is 0 Å². The van der Waals surface area contributed by atoms with E-state index in [4.69, 9.17) is 4.74 Å². The highest BCUT2D eigenvalue weighted by atomic mass is 127. The lowest BCUT2D eigenvalue weighted by atomic mass is 10.3. The predicted octanol–water partition coefficient (Wildman–Crippen LogP) is 0.907. The number of carbonyl (C=O) groups is 1. The van der Waals surface area contributed by atoms with Crippen molar-refractivity contribution in [3.05, 3.63) is 0 Å². The van der Waals surface area contributed by atoms with E-state index in [0.29, 0.717) is 13.0 Å². The number of hydrogen-bond acceptors (Lipinski definition) is 4. The van der Waals surface area contributed by atoms with Crippen molar-refractivity contribution in [1.82, 2.24) is 8.01 Å². The van der Waals surface area contributed by atoms with E-state index in [9.17, 15) is 4.79 Å². The summed E-state index contributed by atoms with van der Waals surface area (Å²) in [4.78, 5) is 13.4. The summed E-state index contributed by atoms with van der Waals surface area (Å²) >= 11 is 2.34. The van der Waals surface area contributed by atoms with Crippen LogP contribution in [0.25, 0.3) is 0 Å².